The molecule has 0 unspecified atom stereocenters. The zero-order valence-electron chi connectivity index (χ0n) is 16.2. The van der Waals surface area contributed by atoms with Gasteiger partial charge in [-0.25, -0.2) is 4.98 Å². The van der Waals surface area contributed by atoms with Gasteiger partial charge >= 0.3 is 5.97 Å². The molecule has 2 rings (SSSR count). The molecule has 1 saturated carbocycles. The quantitative estimate of drug-likeness (QED) is 0.412. The molecule has 0 spiro atoms. The highest BCUT2D eigenvalue weighted by Crippen LogP contribution is 2.25. The van der Waals surface area contributed by atoms with Crippen molar-refractivity contribution in [3.05, 3.63) is 16.1 Å². The topological polar surface area (TPSA) is 75.6 Å². The Kier molecular flexibility index (Phi) is 8.88. The van der Waals surface area contributed by atoms with E-state index in [1.165, 1.54) is 4.88 Å². The van der Waals surface area contributed by atoms with Gasteiger partial charge < -0.3 is 15.4 Å². The molecule has 0 aliphatic heterocycles. The van der Waals surface area contributed by atoms with Crippen molar-refractivity contribution in [3.8, 4) is 0 Å². The molecule has 1 aliphatic carbocycles. The maximum Gasteiger partial charge on any atom is 0.308 e. The molecule has 0 radical (unpaired) electrons. The number of esters is 1. The summed E-state index contributed by atoms with van der Waals surface area (Å²) in [5, 5.41) is 7.99. The summed E-state index contributed by atoms with van der Waals surface area (Å²) in [6, 6.07) is 0.366. The first-order chi connectivity index (χ1) is 12.7. The molecule has 1 aromatic rings. The van der Waals surface area contributed by atoms with Gasteiger partial charge in [0, 0.05) is 36.6 Å². The highest BCUT2D eigenvalue weighted by Gasteiger charge is 2.27. The molecular weight excluding hydrogens is 348 g/mol. The van der Waals surface area contributed by atoms with Crippen LogP contribution in [0.3, 0.4) is 0 Å². The van der Waals surface area contributed by atoms with Gasteiger partial charge in [0.25, 0.3) is 0 Å². The van der Waals surface area contributed by atoms with Crippen molar-refractivity contribution < 1.29 is 9.53 Å². The Hall–Kier alpha value is -1.63. The molecule has 0 saturated heterocycles. The minimum Gasteiger partial charge on any atom is -0.466 e. The van der Waals surface area contributed by atoms with E-state index >= 15 is 0 Å². The first-order valence-corrected chi connectivity index (χ1v) is 10.6. The molecule has 7 heteroatoms. The Balaban J connectivity index is 1.79. The molecule has 0 amide bonds. The normalized spacial score (nSPS) is 20.7. The van der Waals surface area contributed by atoms with Gasteiger partial charge in [-0.1, -0.05) is 6.92 Å². The number of nitrogens with zero attached hydrogens (tertiary/aromatic N) is 2. The second-order valence-electron chi connectivity index (χ2n) is 6.53. The number of aromatic nitrogens is 1. The Morgan fingerprint density at radius 1 is 1.31 bits per heavy atom. The van der Waals surface area contributed by atoms with Gasteiger partial charge in [0.15, 0.2) is 5.96 Å². The van der Waals surface area contributed by atoms with Gasteiger partial charge in [0.1, 0.15) is 0 Å². The van der Waals surface area contributed by atoms with E-state index in [0.29, 0.717) is 12.6 Å². The Morgan fingerprint density at radius 3 is 2.69 bits per heavy atom. The van der Waals surface area contributed by atoms with Crippen molar-refractivity contribution in [2.75, 3.05) is 19.7 Å². The van der Waals surface area contributed by atoms with E-state index in [1.54, 1.807) is 11.3 Å². The van der Waals surface area contributed by atoms with Crippen molar-refractivity contribution in [1.82, 2.24) is 15.6 Å². The van der Waals surface area contributed by atoms with Crippen LogP contribution in [0.1, 0.15) is 56.3 Å². The number of nitrogens with one attached hydrogen (secondary N) is 2. The molecule has 2 N–H and O–H groups in total. The van der Waals surface area contributed by atoms with Gasteiger partial charge in [0.05, 0.1) is 17.5 Å². The summed E-state index contributed by atoms with van der Waals surface area (Å²) in [4.78, 5) is 22.3. The van der Waals surface area contributed by atoms with Crippen LogP contribution in [0.15, 0.2) is 11.2 Å². The van der Waals surface area contributed by atoms with E-state index in [1.807, 2.05) is 13.1 Å². The van der Waals surface area contributed by atoms with Crippen LogP contribution in [-0.4, -0.2) is 42.7 Å². The van der Waals surface area contributed by atoms with Gasteiger partial charge in [-0.3, -0.25) is 9.79 Å². The number of aliphatic imine (C=N–C) groups is 1. The van der Waals surface area contributed by atoms with Gasteiger partial charge in [-0.05, 0) is 46.0 Å². The van der Waals surface area contributed by atoms with Gasteiger partial charge in [0.2, 0.25) is 0 Å². The van der Waals surface area contributed by atoms with E-state index in [-0.39, 0.29) is 11.9 Å². The summed E-state index contributed by atoms with van der Waals surface area (Å²) in [6.45, 7) is 8.11. The minimum atomic E-state index is -0.0404. The summed E-state index contributed by atoms with van der Waals surface area (Å²) in [5.41, 5.74) is 0. The van der Waals surface area contributed by atoms with Crippen molar-refractivity contribution in [2.24, 2.45) is 10.9 Å². The predicted octanol–water partition coefficient (Wildman–Crippen LogP) is 2.93. The van der Waals surface area contributed by atoms with E-state index < -0.39 is 0 Å². The number of ether oxygens (including phenoxy) is 1. The number of carbonyl (C=O) groups is 1. The fourth-order valence-corrected chi connectivity index (χ4v) is 3.99. The largest absolute Gasteiger partial charge is 0.466 e. The van der Waals surface area contributed by atoms with E-state index in [0.717, 1.165) is 62.6 Å². The molecule has 0 bridgehead atoms. The number of thiazole rings is 1. The molecule has 1 aromatic heterocycles. The molecule has 6 nitrogen and oxygen atoms in total. The van der Waals surface area contributed by atoms with Crippen LogP contribution in [0.5, 0.6) is 0 Å². The lowest BCUT2D eigenvalue weighted by molar-refractivity contribution is -0.149. The first kappa shape index (κ1) is 20.7. The van der Waals surface area contributed by atoms with Gasteiger partial charge in [-0.15, -0.1) is 11.3 Å². The monoisotopic (exact) mass is 380 g/mol. The number of hydrogen-bond acceptors (Lipinski definition) is 5. The molecule has 1 aliphatic rings. The lowest BCUT2D eigenvalue weighted by Gasteiger charge is -2.29. The fraction of sp³-hybridized carbons (Fsp3) is 0.737. The van der Waals surface area contributed by atoms with Crippen LogP contribution in [0.25, 0.3) is 0 Å². The fourth-order valence-electron chi connectivity index (χ4n) is 3.14. The molecule has 0 atom stereocenters. The molecule has 1 heterocycles. The number of hydrogen-bond donors (Lipinski definition) is 2. The first-order valence-electron chi connectivity index (χ1n) is 9.81. The molecule has 26 heavy (non-hydrogen) atoms. The lowest BCUT2D eigenvalue weighted by Crippen LogP contribution is -2.45. The number of aryl methyl sites for hydroxylation is 1. The van der Waals surface area contributed by atoms with Crippen LogP contribution in [-0.2, 0) is 22.4 Å². The maximum atomic E-state index is 11.8. The Morgan fingerprint density at radius 2 is 2.08 bits per heavy atom. The molecular formula is C19H32N4O2S. The maximum absolute atomic E-state index is 11.8. The standard InChI is InChI=1S/C19H32N4O2S/c1-4-16-13-22-17(26-16)11-12-21-19(20-5-2)23-15-9-7-14(8-10-15)18(24)25-6-3/h13-15H,4-12H2,1-3H3,(H2,20,21,23). The summed E-state index contributed by atoms with van der Waals surface area (Å²) in [5.74, 6) is 0.881. The van der Waals surface area contributed by atoms with E-state index in [9.17, 15) is 4.79 Å². The van der Waals surface area contributed by atoms with Crippen molar-refractivity contribution in [2.45, 2.75) is 65.3 Å². The molecule has 0 aromatic carbocycles. The second-order valence-corrected chi connectivity index (χ2v) is 7.73. The zero-order chi connectivity index (χ0) is 18.8. The highest BCUT2D eigenvalue weighted by molar-refractivity contribution is 7.11. The Bertz CT molecular complexity index is 580. The number of guanidine groups is 1. The Labute approximate surface area is 160 Å². The zero-order valence-corrected chi connectivity index (χ0v) is 17.0. The van der Waals surface area contributed by atoms with Crippen LogP contribution in [0, 0.1) is 5.92 Å². The van der Waals surface area contributed by atoms with Crippen LogP contribution < -0.4 is 10.6 Å². The summed E-state index contributed by atoms with van der Waals surface area (Å²) in [6.07, 6.45) is 7.59. The average molecular weight is 381 g/mol. The van der Waals surface area contributed by atoms with Gasteiger partial charge in [-0.2, -0.15) is 0 Å². The van der Waals surface area contributed by atoms with Crippen LogP contribution >= 0.6 is 11.3 Å². The summed E-state index contributed by atoms with van der Waals surface area (Å²) in [7, 11) is 0. The molecule has 1 fully saturated rings. The predicted molar refractivity (Wildman–Crippen MR) is 107 cm³/mol. The van der Waals surface area contributed by atoms with Crippen molar-refractivity contribution in [3.63, 3.8) is 0 Å². The SMILES string of the molecule is CCNC(=NCCc1ncc(CC)s1)NC1CCC(C(=O)OCC)CC1. The summed E-state index contributed by atoms with van der Waals surface area (Å²) < 4.78 is 5.14. The average Bonchev–Trinajstić information content (AvgIpc) is 3.10. The van der Waals surface area contributed by atoms with Crippen molar-refractivity contribution >= 4 is 23.3 Å². The third kappa shape index (κ3) is 6.59. The highest BCUT2D eigenvalue weighted by atomic mass is 32.1. The third-order valence-corrected chi connectivity index (χ3v) is 5.78. The number of rotatable bonds is 8. The second kappa shape index (κ2) is 11.2. The summed E-state index contributed by atoms with van der Waals surface area (Å²) >= 11 is 1.78. The van der Waals surface area contributed by atoms with E-state index in [4.69, 9.17) is 9.73 Å². The molecule has 146 valence electrons. The van der Waals surface area contributed by atoms with Crippen LogP contribution in [0.4, 0.5) is 0 Å². The number of carbonyl (C=O) groups excluding carboxylic acids is 1. The van der Waals surface area contributed by atoms with Crippen LogP contribution in [0.2, 0.25) is 0 Å². The van der Waals surface area contributed by atoms with E-state index in [2.05, 4.69) is 29.5 Å². The lowest BCUT2D eigenvalue weighted by atomic mass is 9.86. The van der Waals surface area contributed by atoms with Crippen molar-refractivity contribution in [1.29, 1.82) is 0 Å². The smallest absolute Gasteiger partial charge is 0.308 e. The minimum absolute atomic E-state index is 0.0404. The third-order valence-electron chi connectivity index (χ3n) is 4.58.